The molecule has 0 spiro atoms. The first-order valence-electron chi connectivity index (χ1n) is 4.47. The van der Waals surface area contributed by atoms with Crippen molar-refractivity contribution >= 4 is 33.0 Å². The van der Waals surface area contributed by atoms with Crippen molar-refractivity contribution in [2.24, 2.45) is 0 Å². The van der Waals surface area contributed by atoms with E-state index in [1.165, 1.54) is 0 Å². The topological polar surface area (TPSA) is 30.2 Å². The number of furan rings is 1. The van der Waals surface area contributed by atoms with Gasteiger partial charge < -0.3 is 4.42 Å². The van der Waals surface area contributed by atoms with E-state index in [2.05, 4.69) is 15.9 Å². The molecule has 0 N–H and O–H groups in total. The third-order valence-electron chi connectivity index (χ3n) is 2.13. The fourth-order valence-corrected chi connectivity index (χ4v) is 2.54. The quantitative estimate of drug-likeness (QED) is 0.802. The van der Waals surface area contributed by atoms with E-state index >= 15 is 0 Å². The summed E-state index contributed by atoms with van der Waals surface area (Å²) >= 11 is 4.81. The van der Waals surface area contributed by atoms with Crippen LogP contribution in [0.15, 0.2) is 32.0 Å². The van der Waals surface area contributed by atoms with E-state index in [-0.39, 0.29) is 5.78 Å². The summed E-state index contributed by atoms with van der Waals surface area (Å²) in [5.41, 5.74) is 1.72. The molecule has 0 aliphatic heterocycles. The summed E-state index contributed by atoms with van der Waals surface area (Å²) in [6.07, 6.45) is 0.441. The Kier molecular flexibility index (Phi) is 3.07. The maximum absolute atomic E-state index is 11.9. The van der Waals surface area contributed by atoms with E-state index in [0.29, 0.717) is 22.4 Å². The lowest BCUT2D eigenvalue weighted by molar-refractivity contribution is 0.0991. The second-order valence-electron chi connectivity index (χ2n) is 3.25. The Bertz CT molecular complexity index is 471. The average Bonchev–Trinajstić information content (AvgIpc) is 2.75. The first-order chi connectivity index (χ1) is 7.16. The molecule has 0 aromatic carbocycles. The van der Waals surface area contributed by atoms with Crippen LogP contribution in [-0.2, 0) is 6.42 Å². The number of rotatable bonds is 3. The molecule has 0 atom stereocenters. The molecule has 0 aliphatic carbocycles. The zero-order valence-corrected chi connectivity index (χ0v) is 10.5. The van der Waals surface area contributed by atoms with Crippen LogP contribution in [0, 0.1) is 6.92 Å². The Balaban J connectivity index is 2.18. The van der Waals surface area contributed by atoms with Gasteiger partial charge in [-0.2, -0.15) is 11.3 Å². The first kappa shape index (κ1) is 10.6. The molecule has 2 aromatic heterocycles. The lowest BCUT2D eigenvalue weighted by Crippen LogP contribution is -2.02. The van der Waals surface area contributed by atoms with Crippen LogP contribution >= 0.6 is 27.3 Å². The second-order valence-corrected chi connectivity index (χ2v) is 4.81. The van der Waals surface area contributed by atoms with Crippen LogP contribution in [0.25, 0.3) is 0 Å². The minimum Gasteiger partial charge on any atom is -0.454 e. The van der Waals surface area contributed by atoms with Crippen LogP contribution in [0.5, 0.6) is 0 Å². The van der Waals surface area contributed by atoms with Gasteiger partial charge in [0.2, 0.25) is 0 Å². The number of thiophene rings is 1. The highest BCUT2D eigenvalue weighted by atomic mass is 79.9. The molecule has 0 unspecified atom stereocenters. The van der Waals surface area contributed by atoms with Crippen molar-refractivity contribution in [2.45, 2.75) is 13.3 Å². The molecule has 0 amide bonds. The van der Waals surface area contributed by atoms with Crippen LogP contribution in [-0.4, -0.2) is 5.78 Å². The van der Waals surface area contributed by atoms with Gasteiger partial charge in [0.15, 0.2) is 10.5 Å². The molecule has 2 heterocycles. The number of hydrogen-bond donors (Lipinski definition) is 0. The lowest BCUT2D eigenvalue weighted by atomic mass is 10.1. The number of carbonyl (C=O) groups is 1. The Hall–Kier alpha value is -0.870. The van der Waals surface area contributed by atoms with Gasteiger partial charge in [-0.15, -0.1) is 0 Å². The highest BCUT2D eigenvalue weighted by molar-refractivity contribution is 9.10. The van der Waals surface area contributed by atoms with Crippen LogP contribution in [0.2, 0.25) is 0 Å². The number of carbonyl (C=O) groups excluding carboxylic acids is 1. The van der Waals surface area contributed by atoms with Crippen molar-refractivity contribution in [2.75, 3.05) is 0 Å². The Morgan fingerprint density at radius 1 is 1.60 bits per heavy atom. The zero-order chi connectivity index (χ0) is 10.8. The van der Waals surface area contributed by atoms with Crippen molar-refractivity contribution in [1.29, 1.82) is 0 Å². The molecule has 2 nitrogen and oxygen atoms in total. The number of Topliss-reactive ketones (excluding diaryl/α,β-unsaturated/α-hetero) is 1. The predicted molar refractivity (Wildman–Crippen MR) is 63.5 cm³/mol. The second kappa shape index (κ2) is 4.33. The lowest BCUT2D eigenvalue weighted by Gasteiger charge is -1.96. The Morgan fingerprint density at radius 2 is 2.40 bits per heavy atom. The maximum Gasteiger partial charge on any atom is 0.170 e. The number of hydrogen-bond acceptors (Lipinski definition) is 3. The third kappa shape index (κ3) is 2.38. The van der Waals surface area contributed by atoms with Gasteiger partial charge in [-0.05, 0) is 45.2 Å². The van der Waals surface area contributed by atoms with E-state index in [1.54, 1.807) is 24.3 Å². The minimum absolute atomic E-state index is 0.0975. The highest BCUT2D eigenvalue weighted by Crippen LogP contribution is 2.21. The van der Waals surface area contributed by atoms with Gasteiger partial charge in [-0.1, -0.05) is 0 Å². The average molecular weight is 285 g/mol. The molecule has 0 fully saturated rings. The molecule has 2 rings (SSSR count). The molecule has 0 radical (unpaired) electrons. The smallest absolute Gasteiger partial charge is 0.170 e. The molecule has 4 heteroatoms. The predicted octanol–water partition coefficient (Wildman–Crippen LogP) is 3.84. The Labute approximate surface area is 100 Å². The summed E-state index contributed by atoms with van der Waals surface area (Å²) in [6.45, 7) is 1.80. The fraction of sp³-hybridized carbons (Fsp3) is 0.182. The van der Waals surface area contributed by atoms with Crippen molar-refractivity contribution in [3.63, 3.8) is 0 Å². The summed E-state index contributed by atoms with van der Waals surface area (Å²) in [6, 6.07) is 3.69. The fourth-order valence-electron chi connectivity index (χ4n) is 1.40. The van der Waals surface area contributed by atoms with Crippen LogP contribution in [0.3, 0.4) is 0 Å². The molecule has 15 heavy (non-hydrogen) atoms. The highest BCUT2D eigenvalue weighted by Gasteiger charge is 2.14. The monoisotopic (exact) mass is 284 g/mol. The summed E-state index contributed by atoms with van der Waals surface area (Å²) in [4.78, 5) is 11.9. The summed E-state index contributed by atoms with van der Waals surface area (Å²) in [7, 11) is 0. The van der Waals surface area contributed by atoms with E-state index in [1.807, 2.05) is 16.8 Å². The summed E-state index contributed by atoms with van der Waals surface area (Å²) < 4.78 is 5.86. The minimum atomic E-state index is 0.0975. The molecular weight excluding hydrogens is 276 g/mol. The van der Waals surface area contributed by atoms with Gasteiger partial charge in [0.1, 0.15) is 5.76 Å². The SMILES string of the molecule is Cc1oc(Br)cc1C(=O)Cc1ccsc1. The molecular formula is C11H9BrO2S. The largest absolute Gasteiger partial charge is 0.454 e. The molecule has 78 valence electrons. The normalized spacial score (nSPS) is 10.5. The van der Waals surface area contributed by atoms with Crippen molar-refractivity contribution in [3.05, 3.63) is 44.4 Å². The van der Waals surface area contributed by atoms with E-state index < -0.39 is 0 Å². The third-order valence-corrected chi connectivity index (χ3v) is 3.26. The van der Waals surface area contributed by atoms with Gasteiger partial charge in [0.25, 0.3) is 0 Å². The zero-order valence-electron chi connectivity index (χ0n) is 8.12. The van der Waals surface area contributed by atoms with Gasteiger partial charge in [-0.3, -0.25) is 4.79 Å². The molecule has 0 saturated heterocycles. The molecule has 0 saturated carbocycles. The van der Waals surface area contributed by atoms with Gasteiger partial charge >= 0.3 is 0 Å². The van der Waals surface area contributed by atoms with E-state index in [9.17, 15) is 4.79 Å². The van der Waals surface area contributed by atoms with Crippen LogP contribution in [0.1, 0.15) is 21.7 Å². The van der Waals surface area contributed by atoms with Crippen molar-refractivity contribution in [1.82, 2.24) is 0 Å². The molecule has 2 aromatic rings. The summed E-state index contributed by atoms with van der Waals surface area (Å²) in [5, 5.41) is 3.96. The van der Waals surface area contributed by atoms with Gasteiger partial charge in [0.05, 0.1) is 5.56 Å². The first-order valence-corrected chi connectivity index (χ1v) is 6.20. The van der Waals surface area contributed by atoms with Crippen LogP contribution in [0.4, 0.5) is 0 Å². The number of halogens is 1. The number of ketones is 1. The van der Waals surface area contributed by atoms with E-state index in [0.717, 1.165) is 5.56 Å². The van der Waals surface area contributed by atoms with Gasteiger partial charge in [-0.25, -0.2) is 0 Å². The van der Waals surface area contributed by atoms with Crippen molar-refractivity contribution in [3.8, 4) is 0 Å². The maximum atomic E-state index is 11.9. The van der Waals surface area contributed by atoms with Gasteiger partial charge in [0, 0.05) is 12.5 Å². The Morgan fingerprint density at radius 3 is 2.93 bits per heavy atom. The number of aryl methyl sites for hydroxylation is 1. The molecule has 0 bridgehead atoms. The standard InChI is InChI=1S/C11H9BrO2S/c1-7-9(5-11(12)14-7)10(13)4-8-2-3-15-6-8/h2-3,5-6H,4H2,1H3. The molecule has 0 aliphatic rings. The van der Waals surface area contributed by atoms with Crippen molar-refractivity contribution < 1.29 is 9.21 Å². The van der Waals surface area contributed by atoms with Crippen LogP contribution < -0.4 is 0 Å². The summed E-state index contributed by atoms with van der Waals surface area (Å²) in [5.74, 6) is 0.766. The van der Waals surface area contributed by atoms with E-state index in [4.69, 9.17) is 4.42 Å².